The Bertz CT molecular complexity index is 1250. The number of nitrogens with two attached hydrogens (primary N) is 1. The predicted octanol–water partition coefficient (Wildman–Crippen LogP) is 4.94. The number of hydrogen-bond acceptors (Lipinski definition) is 6. The van der Waals surface area contributed by atoms with Crippen molar-refractivity contribution in [3.8, 4) is 11.6 Å². The van der Waals surface area contributed by atoms with E-state index in [1.54, 1.807) is 24.3 Å². The highest BCUT2D eigenvalue weighted by atomic mass is 32.2. The summed E-state index contributed by atoms with van der Waals surface area (Å²) in [5, 5.41) is 0.139. The summed E-state index contributed by atoms with van der Waals surface area (Å²) in [4.78, 5) is 21.6. The Morgan fingerprint density at radius 2 is 1.69 bits per heavy atom. The molecule has 2 heterocycles. The minimum absolute atomic E-state index is 0.129. The average molecular weight is 453 g/mol. The van der Waals surface area contributed by atoms with Gasteiger partial charge in [0.2, 0.25) is 5.88 Å². The van der Waals surface area contributed by atoms with E-state index in [-0.39, 0.29) is 27.7 Å². The fourth-order valence-corrected chi connectivity index (χ4v) is 4.05. The van der Waals surface area contributed by atoms with Gasteiger partial charge in [-0.15, -0.1) is 0 Å². The number of ether oxygens (including phenoxy) is 1. The van der Waals surface area contributed by atoms with Crippen molar-refractivity contribution in [1.29, 1.82) is 0 Å². The predicted molar refractivity (Wildman–Crippen MR) is 127 cm³/mol. The van der Waals surface area contributed by atoms with E-state index >= 15 is 0 Å². The van der Waals surface area contributed by atoms with Gasteiger partial charge in [-0.25, -0.2) is 14.2 Å². The van der Waals surface area contributed by atoms with E-state index in [0.29, 0.717) is 5.75 Å². The maximum Gasteiger partial charge on any atom is 0.290 e. The summed E-state index contributed by atoms with van der Waals surface area (Å²) in [7, 11) is -2.42. The zero-order valence-corrected chi connectivity index (χ0v) is 20.0. The first-order valence-corrected chi connectivity index (χ1v) is 11.4. The van der Waals surface area contributed by atoms with Crippen molar-refractivity contribution in [2.75, 3.05) is 5.73 Å². The average Bonchev–Trinajstić information content (AvgIpc) is 2.69. The number of benzene rings is 1. The molecule has 0 aliphatic carbocycles. The number of carbonyl (C=O) groups excluding carboxylic acids is 1. The van der Waals surface area contributed by atoms with Gasteiger partial charge in [0.05, 0.1) is 10.6 Å². The van der Waals surface area contributed by atoms with Gasteiger partial charge in [0.25, 0.3) is 5.91 Å². The normalized spacial score (nSPS) is 12.6. The summed E-state index contributed by atoms with van der Waals surface area (Å²) in [6.07, 6.45) is 0. The van der Waals surface area contributed by atoms with E-state index in [4.69, 9.17) is 10.5 Å². The van der Waals surface area contributed by atoms with Crippen LogP contribution in [0, 0.1) is 20.8 Å². The minimum atomic E-state index is -2.42. The number of anilines is 1. The van der Waals surface area contributed by atoms with Crippen LogP contribution in [0.2, 0.25) is 0 Å². The molecule has 0 aliphatic heterocycles. The third-order valence-electron chi connectivity index (χ3n) is 4.80. The number of aromatic nitrogens is 2. The summed E-state index contributed by atoms with van der Waals surface area (Å²) < 4.78 is 22.6. The van der Waals surface area contributed by atoms with Crippen LogP contribution in [0.25, 0.3) is 0 Å². The van der Waals surface area contributed by atoms with Crippen LogP contribution in [0.1, 0.15) is 53.5 Å². The topological polar surface area (TPSA) is 108 Å². The minimum Gasteiger partial charge on any atom is -0.438 e. The van der Waals surface area contributed by atoms with E-state index in [1.807, 2.05) is 53.7 Å². The number of pyridine rings is 2. The third-order valence-corrected chi connectivity index (χ3v) is 5.80. The number of nitrogen functional groups attached to an aromatic ring is 1. The van der Waals surface area contributed by atoms with Gasteiger partial charge in [-0.2, -0.15) is 4.36 Å². The van der Waals surface area contributed by atoms with Gasteiger partial charge in [-0.3, -0.25) is 4.79 Å². The zero-order valence-electron chi connectivity index (χ0n) is 19.1. The van der Waals surface area contributed by atoms with Crippen LogP contribution < -0.4 is 10.5 Å². The lowest BCUT2D eigenvalue weighted by atomic mass is 9.91. The third kappa shape index (κ3) is 5.31. The molecule has 1 atom stereocenters. The quantitative estimate of drug-likeness (QED) is 0.543. The molecule has 168 valence electrons. The van der Waals surface area contributed by atoms with E-state index in [1.165, 1.54) is 6.07 Å². The molecule has 1 aromatic carbocycles. The zero-order chi connectivity index (χ0) is 23.6. The van der Waals surface area contributed by atoms with E-state index in [0.717, 1.165) is 22.4 Å². The summed E-state index contributed by atoms with van der Waals surface area (Å²) in [5.41, 5.74) is 9.24. The Hall–Kier alpha value is -3.26. The molecular formula is C24H28N4O3S. The highest BCUT2D eigenvalue weighted by Crippen LogP contribution is 2.33. The highest BCUT2D eigenvalue weighted by Gasteiger charge is 2.22. The fourth-order valence-electron chi connectivity index (χ4n) is 3.26. The molecule has 0 aliphatic rings. The number of hydrogen-bond donors (Lipinski definition) is 2. The Kier molecular flexibility index (Phi) is 6.64. The monoisotopic (exact) mass is 452 g/mol. The lowest BCUT2D eigenvalue weighted by Crippen LogP contribution is -2.15. The molecule has 32 heavy (non-hydrogen) atoms. The van der Waals surface area contributed by atoms with Crippen molar-refractivity contribution in [3.63, 3.8) is 0 Å². The molecule has 8 heteroatoms. The molecule has 3 rings (SSSR count). The molecule has 0 saturated carbocycles. The summed E-state index contributed by atoms with van der Waals surface area (Å²) in [5.74, 6) is 0.273. The first kappa shape index (κ1) is 23.4. The van der Waals surface area contributed by atoms with Crippen molar-refractivity contribution in [2.24, 2.45) is 4.36 Å². The first-order chi connectivity index (χ1) is 15.0. The van der Waals surface area contributed by atoms with Crippen molar-refractivity contribution in [2.45, 2.75) is 52.0 Å². The number of aryl methyl sites for hydroxylation is 3. The van der Waals surface area contributed by atoms with Crippen molar-refractivity contribution < 1.29 is 13.7 Å². The van der Waals surface area contributed by atoms with Crippen LogP contribution >= 0.6 is 0 Å². The van der Waals surface area contributed by atoms with E-state index in [9.17, 15) is 9.00 Å². The molecular weight excluding hydrogens is 424 g/mol. The molecule has 0 spiro atoms. The molecule has 0 saturated heterocycles. The Balaban J connectivity index is 2.09. The molecule has 0 bridgehead atoms. The summed E-state index contributed by atoms with van der Waals surface area (Å²) in [6.45, 7) is 12.0. The van der Waals surface area contributed by atoms with Gasteiger partial charge in [0, 0.05) is 11.1 Å². The maximum absolute atomic E-state index is 13.0. The molecule has 0 fully saturated rings. The van der Waals surface area contributed by atoms with Crippen molar-refractivity contribution >= 4 is 22.3 Å². The van der Waals surface area contributed by atoms with Crippen molar-refractivity contribution in [1.82, 2.24) is 9.97 Å². The van der Waals surface area contributed by atoms with Gasteiger partial charge in [0.1, 0.15) is 22.2 Å². The van der Waals surface area contributed by atoms with E-state index < -0.39 is 16.5 Å². The van der Waals surface area contributed by atoms with Crippen LogP contribution in [-0.2, 0) is 16.0 Å². The first-order valence-electron chi connectivity index (χ1n) is 10.2. The summed E-state index contributed by atoms with van der Waals surface area (Å²) in [6, 6.07) is 12.1. The fraction of sp³-hybridized carbons (Fsp3) is 0.292. The summed E-state index contributed by atoms with van der Waals surface area (Å²) >= 11 is 0. The second kappa shape index (κ2) is 9.08. The Labute approximate surface area is 190 Å². The highest BCUT2D eigenvalue weighted by molar-refractivity contribution is 7.75. The number of amides is 1. The van der Waals surface area contributed by atoms with Gasteiger partial charge in [-0.05, 0) is 56.2 Å². The lowest BCUT2D eigenvalue weighted by molar-refractivity contribution is 0.100. The second-order valence-electron chi connectivity index (χ2n) is 8.73. The Morgan fingerprint density at radius 3 is 2.28 bits per heavy atom. The van der Waals surface area contributed by atoms with Gasteiger partial charge >= 0.3 is 0 Å². The van der Waals surface area contributed by atoms with Crippen molar-refractivity contribution in [3.05, 3.63) is 70.4 Å². The van der Waals surface area contributed by atoms with Crippen LogP contribution in [0.3, 0.4) is 0 Å². The molecule has 2 N–H and O–H groups in total. The number of rotatable bonds is 4. The largest absolute Gasteiger partial charge is 0.438 e. The SMILES string of the molecule is Cc1cc(C)c(Oc2nc(C(C)(C)C)ccc2C(=O)N=[SH](=O)c2cccc(N)n2)c(C)c1. The van der Waals surface area contributed by atoms with E-state index in [2.05, 4.69) is 14.3 Å². The molecule has 7 nitrogen and oxygen atoms in total. The molecule has 1 amide bonds. The number of thiol groups is 1. The molecule has 2 aromatic heterocycles. The molecule has 3 aromatic rings. The standard InChI is InChI=1S/C24H28N4O3S/c1-14-12-15(2)21(16(3)13-14)31-23-17(10-11-18(26-23)24(4,5)6)22(29)28-32(30)20-9-7-8-19(25)27-20/h7-13,32H,1-6H3,(H2,25,27). The number of nitrogens with zero attached hydrogens (tertiary/aromatic N) is 3. The van der Waals surface area contributed by atoms with Crippen LogP contribution in [-0.4, -0.2) is 20.1 Å². The second-order valence-corrected chi connectivity index (χ2v) is 9.93. The van der Waals surface area contributed by atoms with Crippen LogP contribution in [0.4, 0.5) is 5.82 Å². The molecule has 0 radical (unpaired) electrons. The van der Waals surface area contributed by atoms with Gasteiger partial charge in [-0.1, -0.05) is 44.5 Å². The van der Waals surface area contributed by atoms with Crippen LogP contribution in [0.5, 0.6) is 11.6 Å². The number of carbonyl (C=O) groups is 1. The van der Waals surface area contributed by atoms with Crippen LogP contribution in [0.15, 0.2) is 51.9 Å². The Morgan fingerprint density at radius 1 is 1.03 bits per heavy atom. The smallest absolute Gasteiger partial charge is 0.290 e. The maximum atomic E-state index is 13.0. The molecule has 1 unspecified atom stereocenters. The van der Waals surface area contributed by atoms with Gasteiger partial charge < -0.3 is 10.5 Å². The van der Waals surface area contributed by atoms with Gasteiger partial charge in [0.15, 0.2) is 0 Å². The lowest BCUT2D eigenvalue weighted by Gasteiger charge is -2.20.